The lowest BCUT2D eigenvalue weighted by Crippen LogP contribution is -2.41. The Bertz CT molecular complexity index is 1130. The number of aliphatic imine (C=N–C) groups is 1. The lowest BCUT2D eigenvalue weighted by atomic mass is 9.93. The maximum Gasteiger partial charge on any atom is 0.194 e. The summed E-state index contributed by atoms with van der Waals surface area (Å²) in [6, 6.07) is 0.724. The molecule has 0 fully saturated rings. The second kappa shape index (κ2) is 9.92. The van der Waals surface area contributed by atoms with E-state index in [9.17, 15) is 18.3 Å². The summed E-state index contributed by atoms with van der Waals surface area (Å²) >= 11 is 0. The molecule has 1 aliphatic carbocycles. The fourth-order valence-electron chi connectivity index (χ4n) is 4.58. The van der Waals surface area contributed by atoms with Crippen molar-refractivity contribution < 1.29 is 23.0 Å². The van der Waals surface area contributed by atoms with E-state index >= 15 is 0 Å². The Hall–Kier alpha value is -3.27. The summed E-state index contributed by atoms with van der Waals surface area (Å²) in [7, 11) is 1.62. The van der Waals surface area contributed by atoms with Gasteiger partial charge < -0.3 is 25.0 Å². The van der Waals surface area contributed by atoms with Gasteiger partial charge in [-0.05, 0) is 62.0 Å². The molecule has 0 radical (unpaired) electrons. The van der Waals surface area contributed by atoms with Crippen molar-refractivity contribution in [1.82, 2.24) is 14.5 Å². The first-order valence-electron chi connectivity index (χ1n) is 11.2. The number of aliphatic hydroxyl groups is 1. The summed E-state index contributed by atoms with van der Waals surface area (Å²) in [6.45, 7) is 1.90. The third-order valence-corrected chi connectivity index (χ3v) is 6.32. The van der Waals surface area contributed by atoms with E-state index in [1.165, 1.54) is 0 Å². The van der Waals surface area contributed by atoms with Gasteiger partial charge in [0.05, 0.1) is 43.5 Å². The van der Waals surface area contributed by atoms with Gasteiger partial charge in [-0.25, -0.2) is 23.1 Å². The quantitative estimate of drug-likeness (QED) is 0.623. The van der Waals surface area contributed by atoms with Gasteiger partial charge >= 0.3 is 0 Å². The second-order valence-corrected chi connectivity index (χ2v) is 8.49. The zero-order valence-corrected chi connectivity index (χ0v) is 19.1. The van der Waals surface area contributed by atoms with E-state index < -0.39 is 30.1 Å². The molecule has 1 aromatic carbocycles. The molecule has 0 saturated carbocycles. The molecule has 1 aliphatic heterocycles. The zero-order chi connectivity index (χ0) is 24.4. The third-order valence-electron chi connectivity index (χ3n) is 6.32. The van der Waals surface area contributed by atoms with E-state index in [4.69, 9.17) is 15.5 Å². The highest BCUT2D eigenvalue weighted by Gasteiger charge is 2.29. The minimum Gasteiger partial charge on any atom is -0.495 e. The Labute approximate surface area is 196 Å². The van der Waals surface area contributed by atoms with Crippen molar-refractivity contribution in [2.45, 2.75) is 44.7 Å². The van der Waals surface area contributed by atoms with Crippen molar-refractivity contribution in [3.63, 3.8) is 0 Å². The number of hydrogen-bond acceptors (Lipinski definition) is 6. The highest BCUT2D eigenvalue weighted by atomic mass is 19.2. The van der Waals surface area contributed by atoms with Crippen LogP contribution < -0.4 is 5.73 Å². The Kier molecular flexibility index (Phi) is 6.97. The van der Waals surface area contributed by atoms with Gasteiger partial charge in [0.1, 0.15) is 5.76 Å². The number of allylic oxidation sites excluding steroid dienone is 2. The average Bonchev–Trinajstić information content (AvgIpc) is 3.17. The van der Waals surface area contributed by atoms with Crippen molar-refractivity contribution >= 4 is 11.7 Å². The van der Waals surface area contributed by atoms with E-state index in [1.807, 2.05) is 23.8 Å². The highest BCUT2D eigenvalue weighted by Crippen LogP contribution is 2.33. The minimum absolute atomic E-state index is 0.0947. The fraction of sp³-hybridized carbons (Fsp3) is 0.417. The second-order valence-electron chi connectivity index (χ2n) is 8.49. The summed E-state index contributed by atoms with van der Waals surface area (Å²) < 4.78 is 48.6. The maximum atomic E-state index is 13.8. The van der Waals surface area contributed by atoms with Crippen LogP contribution in [0.25, 0.3) is 5.70 Å². The fourth-order valence-corrected chi connectivity index (χ4v) is 4.58. The summed E-state index contributed by atoms with van der Waals surface area (Å²) in [6.07, 6.45) is 8.60. The molecule has 2 atom stereocenters. The van der Waals surface area contributed by atoms with Crippen LogP contribution in [0.4, 0.5) is 13.2 Å². The molecule has 1 aromatic heterocycles. The average molecular weight is 476 g/mol. The van der Waals surface area contributed by atoms with Gasteiger partial charge in [0.15, 0.2) is 23.4 Å². The molecule has 4 rings (SSSR count). The largest absolute Gasteiger partial charge is 0.495 e. The number of methoxy groups -OCH3 is 1. The number of aromatic nitrogens is 2. The molecule has 34 heavy (non-hydrogen) atoms. The van der Waals surface area contributed by atoms with E-state index in [-0.39, 0.29) is 17.6 Å². The lowest BCUT2D eigenvalue weighted by molar-refractivity contribution is 0.179. The normalized spacial score (nSPS) is 20.1. The van der Waals surface area contributed by atoms with Gasteiger partial charge in [0.25, 0.3) is 0 Å². The van der Waals surface area contributed by atoms with Gasteiger partial charge in [-0.3, -0.25) is 0 Å². The number of benzene rings is 1. The molecule has 2 aromatic rings. The predicted octanol–water partition coefficient (Wildman–Crippen LogP) is 3.66. The van der Waals surface area contributed by atoms with Crippen LogP contribution in [0, 0.1) is 24.4 Å². The topological polar surface area (TPSA) is 88.9 Å². The molecule has 7 nitrogen and oxygen atoms in total. The summed E-state index contributed by atoms with van der Waals surface area (Å²) in [5, 5.41) is 9.98. The first-order chi connectivity index (χ1) is 16.3. The van der Waals surface area contributed by atoms with Crippen molar-refractivity contribution in [2.24, 2.45) is 10.7 Å². The van der Waals surface area contributed by atoms with Crippen LogP contribution in [0.3, 0.4) is 0 Å². The molecule has 0 saturated heterocycles. The number of rotatable bonds is 6. The molecule has 0 amide bonds. The summed E-state index contributed by atoms with van der Waals surface area (Å²) in [5.74, 6) is -3.28. The molecular weight excluding hydrogens is 447 g/mol. The Morgan fingerprint density at radius 1 is 1.24 bits per heavy atom. The van der Waals surface area contributed by atoms with Crippen molar-refractivity contribution in [2.75, 3.05) is 20.3 Å². The minimum atomic E-state index is -1.55. The van der Waals surface area contributed by atoms with Crippen LogP contribution in [0.1, 0.15) is 43.0 Å². The molecule has 182 valence electrons. The molecule has 2 aliphatic rings. The number of ether oxygens (including phenoxy) is 1. The summed E-state index contributed by atoms with van der Waals surface area (Å²) in [5.41, 5.74) is 9.40. The van der Waals surface area contributed by atoms with Crippen LogP contribution >= 0.6 is 0 Å². The van der Waals surface area contributed by atoms with E-state index in [0.717, 1.165) is 47.7 Å². The van der Waals surface area contributed by atoms with E-state index in [2.05, 4.69) is 4.98 Å². The standard InChI is InChI=1S/C24H28F3N5O2/c1-14-11-31(13-29-14)20-6-5-15(10-22(20)34-2)19-4-3-7-32(24(28)30-19)21(12-33)16-8-17(25)23(27)18(26)9-16/h8-11,13,19,21,33H,3-7,12H2,1-2H3,(H2,28,30). The number of nitrogens with zero attached hydrogens (tertiary/aromatic N) is 4. The number of aryl methyl sites for hydroxylation is 1. The number of hydrogen-bond donors (Lipinski definition) is 2. The molecule has 3 N–H and O–H groups in total. The molecule has 2 heterocycles. The zero-order valence-electron chi connectivity index (χ0n) is 19.1. The van der Waals surface area contributed by atoms with E-state index in [0.29, 0.717) is 19.4 Å². The van der Waals surface area contributed by atoms with Gasteiger partial charge in [-0.2, -0.15) is 0 Å². The van der Waals surface area contributed by atoms with Crippen LogP contribution in [-0.2, 0) is 4.74 Å². The van der Waals surface area contributed by atoms with Crippen LogP contribution in [0.15, 0.2) is 47.1 Å². The van der Waals surface area contributed by atoms with Gasteiger partial charge in [0, 0.05) is 12.7 Å². The monoisotopic (exact) mass is 475 g/mol. The molecule has 10 heteroatoms. The van der Waals surface area contributed by atoms with Crippen LogP contribution in [-0.4, -0.2) is 51.8 Å². The first kappa shape index (κ1) is 23.9. The third kappa shape index (κ3) is 4.68. The number of imidazole rings is 1. The molecule has 0 bridgehead atoms. The predicted molar refractivity (Wildman–Crippen MR) is 122 cm³/mol. The molecule has 0 spiro atoms. The summed E-state index contributed by atoms with van der Waals surface area (Å²) in [4.78, 5) is 10.6. The Balaban J connectivity index is 1.61. The van der Waals surface area contributed by atoms with Gasteiger partial charge in [-0.1, -0.05) is 0 Å². The van der Waals surface area contributed by atoms with Crippen molar-refractivity contribution in [1.29, 1.82) is 0 Å². The van der Waals surface area contributed by atoms with Crippen LogP contribution in [0.5, 0.6) is 0 Å². The maximum absolute atomic E-state index is 13.8. The van der Waals surface area contributed by atoms with Gasteiger partial charge in [-0.15, -0.1) is 0 Å². The van der Waals surface area contributed by atoms with Crippen molar-refractivity contribution in [3.8, 4) is 0 Å². The van der Waals surface area contributed by atoms with Crippen molar-refractivity contribution in [3.05, 3.63) is 70.8 Å². The Morgan fingerprint density at radius 3 is 2.59 bits per heavy atom. The Morgan fingerprint density at radius 2 is 1.97 bits per heavy atom. The van der Waals surface area contributed by atoms with Gasteiger partial charge in [0.2, 0.25) is 0 Å². The molecule has 2 unspecified atom stereocenters. The SMILES string of the molecule is COC1=C(n2cnc(C)c2)CCC(C2CCCN(C(CO)c3cc(F)c(F)c(F)c3)C(N)=N2)=C1. The van der Waals surface area contributed by atoms with E-state index in [1.54, 1.807) is 18.3 Å². The highest BCUT2D eigenvalue weighted by molar-refractivity contribution is 5.79. The number of aliphatic hydroxyl groups excluding tert-OH is 1. The number of nitrogens with two attached hydrogens (primary N) is 1. The molecular formula is C24H28F3N5O2. The van der Waals surface area contributed by atoms with Crippen LogP contribution in [0.2, 0.25) is 0 Å². The number of guanidine groups is 1. The lowest BCUT2D eigenvalue weighted by Gasteiger charge is -2.31. The number of halogens is 3. The smallest absolute Gasteiger partial charge is 0.194 e. The first-order valence-corrected chi connectivity index (χ1v) is 11.2.